The van der Waals surface area contributed by atoms with Crippen LogP contribution in [0.1, 0.15) is 0 Å². The van der Waals surface area contributed by atoms with Gasteiger partial charge in [-0.25, -0.2) is 0 Å². The second-order valence-corrected chi connectivity index (χ2v) is 2.47. The van der Waals surface area contributed by atoms with Gasteiger partial charge in [-0.3, -0.25) is 0 Å². The van der Waals surface area contributed by atoms with E-state index in [2.05, 4.69) is 12.7 Å². The van der Waals surface area contributed by atoms with Gasteiger partial charge in [-0.1, -0.05) is 0 Å². The van der Waals surface area contributed by atoms with Crippen molar-refractivity contribution in [2.45, 2.75) is 24.4 Å². The molecule has 0 unspecified atom stereocenters. The zero-order valence-electron chi connectivity index (χ0n) is 6.78. The first-order valence-electron chi connectivity index (χ1n) is 3.54. The van der Waals surface area contributed by atoms with Gasteiger partial charge >= 0.3 is 0 Å². The number of aliphatic hydroxyl groups excluding tert-OH is 4. The average molecular weight is 190 g/mol. The van der Waals surface area contributed by atoms with E-state index in [9.17, 15) is 4.79 Å². The van der Waals surface area contributed by atoms with Gasteiger partial charge in [0.1, 0.15) is 30.7 Å². The fourth-order valence-electron chi connectivity index (χ4n) is 0.723. The third-order valence-corrected chi connectivity index (χ3v) is 1.56. The summed E-state index contributed by atoms with van der Waals surface area (Å²) in [6.45, 7) is -0.742. The van der Waals surface area contributed by atoms with Crippen molar-refractivity contribution >= 4 is 14.3 Å². The first kappa shape index (κ1) is 12.5. The van der Waals surface area contributed by atoms with Crippen molar-refractivity contribution in [1.82, 2.24) is 0 Å². The summed E-state index contributed by atoms with van der Waals surface area (Å²) in [5, 5.41) is 35.5. The van der Waals surface area contributed by atoms with Crippen LogP contribution >= 0.6 is 0 Å². The van der Waals surface area contributed by atoms with Gasteiger partial charge in [0.25, 0.3) is 8.05 Å². The van der Waals surface area contributed by atoms with Crippen molar-refractivity contribution in [2.75, 3.05) is 6.61 Å². The fraction of sp³-hybridized carbons (Fsp3) is 0.833. The van der Waals surface area contributed by atoms with Crippen molar-refractivity contribution < 1.29 is 29.9 Å². The molecule has 0 aromatic carbocycles. The van der Waals surface area contributed by atoms with Crippen molar-refractivity contribution in [3.8, 4) is 0 Å². The molecule has 0 aliphatic carbocycles. The number of hydrogen-bond donors (Lipinski definition) is 4. The highest BCUT2D eigenvalue weighted by Crippen LogP contribution is 2.05. The van der Waals surface area contributed by atoms with Crippen molar-refractivity contribution in [3.05, 3.63) is 0 Å². The quantitative estimate of drug-likeness (QED) is 0.258. The van der Waals surface area contributed by atoms with E-state index < -0.39 is 31.0 Å². The molecule has 0 aliphatic rings. The normalized spacial score (nSPS) is 20.3. The number of rotatable bonds is 6. The third-order valence-electron chi connectivity index (χ3n) is 1.56. The molecule has 0 rings (SSSR count). The van der Waals surface area contributed by atoms with Crippen molar-refractivity contribution in [2.24, 2.45) is 0 Å². The molecule has 2 radical (unpaired) electrons. The lowest BCUT2D eigenvalue weighted by atomic mass is 10.0. The van der Waals surface area contributed by atoms with E-state index in [0.29, 0.717) is 0 Å². The highest BCUT2D eigenvalue weighted by atomic mass is 16.5. The Hall–Kier alpha value is -0.465. The zero-order valence-corrected chi connectivity index (χ0v) is 6.78. The summed E-state index contributed by atoms with van der Waals surface area (Å²) in [7, 11) is 4.62. The molecule has 0 saturated heterocycles. The van der Waals surface area contributed by atoms with Gasteiger partial charge in [-0.15, -0.1) is 0 Å². The molecular weight excluding hydrogens is 179 g/mol. The van der Waals surface area contributed by atoms with Gasteiger partial charge in [0.05, 0.1) is 6.61 Å². The molecule has 0 aromatic heterocycles. The van der Waals surface area contributed by atoms with Gasteiger partial charge in [0.2, 0.25) is 0 Å². The van der Waals surface area contributed by atoms with E-state index in [4.69, 9.17) is 20.4 Å². The van der Waals surface area contributed by atoms with Crippen molar-refractivity contribution in [3.63, 3.8) is 0 Å². The molecule has 7 heteroatoms. The summed E-state index contributed by atoms with van der Waals surface area (Å²) in [4.78, 5) is 10.2. The average Bonchev–Trinajstić information content (AvgIpc) is 2.17. The SMILES string of the molecule is [B]O[C@@H](C=O)[C@@H](O)[C@H](O)[C@H](O)CO. The van der Waals surface area contributed by atoms with E-state index in [1.54, 1.807) is 0 Å². The Kier molecular flexibility index (Phi) is 5.84. The number of carbonyl (C=O) groups excluding carboxylic acids is 1. The van der Waals surface area contributed by atoms with E-state index in [1.807, 2.05) is 0 Å². The minimum absolute atomic E-state index is 0.179. The number of aliphatic hydroxyl groups is 4. The Morgan fingerprint density at radius 2 is 1.85 bits per heavy atom. The number of carbonyl (C=O) groups is 1. The molecular formula is C6H11BO6. The first-order valence-corrected chi connectivity index (χ1v) is 3.54. The largest absolute Gasteiger partial charge is 0.437 e. The maximum Gasteiger partial charge on any atom is 0.283 e. The van der Waals surface area contributed by atoms with Crippen LogP contribution in [0.4, 0.5) is 0 Å². The molecule has 0 bridgehead atoms. The van der Waals surface area contributed by atoms with E-state index in [0.717, 1.165) is 0 Å². The van der Waals surface area contributed by atoms with Crippen molar-refractivity contribution in [1.29, 1.82) is 0 Å². The van der Waals surface area contributed by atoms with E-state index in [-0.39, 0.29) is 6.29 Å². The molecule has 74 valence electrons. The predicted molar refractivity (Wildman–Crippen MR) is 41.8 cm³/mol. The molecule has 0 aliphatic heterocycles. The van der Waals surface area contributed by atoms with Crippen LogP contribution in [0.5, 0.6) is 0 Å². The summed E-state index contributed by atoms with van der Waals surface area (Å²) in [5.41, 5.74) is 0. The van der Waals surface area contributed by atoms with Gasteiger partial charge in [0, 0.05) is 0 Å². The second-order valence-electron chi connectivity index (χ2n) is 2.47. The lowest BCUT2D eigenvalue weighted by molar-refractivity contribution is -0.132. The summed E-state index contributed by atoms with van der Waals surface area (Å²) >= 11 is 0. The smallest absolute Gasteiger partial charge is 0.283 e. The highest BCUT2D eigenvalue weighted by Gasteiger charge is 2.30. The van der Waals surface area contributed by atoms with E-state index >= 15 is 0 Å². The van der Waals surface area contributed by atoms with Crippen LogP contribution in [0.2, 0.25) is 0 Å². The first-order chi connectivity index (χ1) is 6.08. The molecule has 0 fully saturated rings. The zero-order chi connectivity index (χ0) is 10.4. The summed E-state index contributed by atoms with van der Waals surface area (Å²) in [6, 6.07) is 0. The van der Waals surface area contributed by atoms with Crippen LogP contribution in [-0.2, 0) is 9.45 Å². The van der Waals surface area contributed by atoms with Crippen LogP contribution in [-0.4, -0.2) is 65.8 Å². The molecule has 13 heavy (non-hydrogen) atoms. The third kappa shape index (κ3) is 3.41. The summed E-state index contributed by atoms with van der Waals surface area (Å²) in [6.07, 6.45) is -6.17. The monoisotopic (exact) mass is 190 g/mol. The van der Waals surface area contributed by atoms with Gasteiger partial charge < -0.3 is 29.9 Å². The number of hydrogen-bond acceptors (Lipinski definition) is 6. The van der Waals surface area contributed by atoms with Gasteiger partial charge in [-0.2, -0.15) is 0 Å². The maximum absolute atomic E-state index is 10.2. The van der Waals surface area contributed by atoms with Crippen LogP contribution < -0.4 is 0 Å². The molecule has 0 saturated carbocycles. The minimum Gasteiger partial charge on any atom is -0.437 e. The predicted octanol–water partition coefficient (Wildman–Crippen LogP) is -3.27. The lowest BCUT2D eigenvalue weighted by Gasteiger charge is -2.24. The topological polar surface area (TPSA) is 107 Å². The summed E-state index contributed by atoms with van der Waals surface area (Å²) < 4.78 is 4.01. The molecule has 4 N–H and O–H groups in total. The van der Waals surface area contributed by atoms with Crippen LogP contribution in [0.25, 0.3) is 0 Å². The Labute approximate surface area is 76.2 Å². The molecule has 0 amide bonds. The molecule has 0 heterocycles. The fourth-order valence-corrected chi connectivity index (χ4v) is 0.723. The lowest BCUT2D eigenvalue weighted by Crippen LogP contribution is -2.47. The molecule has 0 spiro atoms. The van der Waals surface area contributed by atoms with Gasteiger partial charge in [0.15, 0.2) is 0 Å². The van der Waals surface area contributed by atoms with Crippen LogP contribution in [0.15, 0.2) is 0 Å². The number of aldehydes is 1. The summed E-state index contributed by atoms with van der Waals surface area (Å²) in [5.74, 6) is 0. The highest BCUT2D eigenvalue weighted by molar-refractivity contribution is 5.99. The molecule has 0 aromatic rings. The Morgan fingerprint density at radius 1 is 1.31 bits per heavy atom. The van der Waals surface area contributed by atoms with Gasteiger partial charge in [-0.05, 0) is 0 Å². The van der Waals surface area contributed by atoms with E-state index in [1.165, 1.54) is 0 Å². The molecule has 6 nitrogen and oxygen atoms in total. The Bertz CT molecular complexity index is 154. The van der Waals surface area contributed by atoms with Crippen LogP contribution in [0.3, 0.4) is 0 Å². The second kappa shape index (κ2) is 6.06. The minimum atomic E-state index is -1.69. The Morgan fingerprint density at radius 3 is 2.15 bits per heavy atom. The standard InChI is InChI=1S/C6H11BO6/c7-13-4(2-9)6(12)5(11)3(10)1-8/h2-6,8,10-12H,1H2/t3-,4+,5-,6-/m1/s1. The Balaban J connectivity index is 4.21. The molecule has 4 atom stereocenters. The van der Waals surface area contributed by atoms with Crippen LogP contribution in [0, 0.1) is 0 Å². The maximum atomic E-state index is 10.2.